The molecule has 2 N–H and O–H groups in total. The zero-order valence-electron chi connectivity index (χ0n) is 22.2. The minimum absolute atomic E-state index is 0.834. The first-order valence-electron chi connectivity index (χ1n) is 12.8. The Kier molecular flexibility index (Phi) is 7.93. The Labute approximate surface area is 214 Å². The molecule has 0 radical (unpaired) electrons. The average Bonchev–Trinajstić information content (AvgIpc) is 3.48. The second kappa shape index (κ2) is 11.3. The molecule has 36 heavy (non-hydrogen) atoms. The van der Waals surface area contributed by atoms with Crippen LogP contribution in [-0.4, -0.2) is 57.1 Å². The van der Waals surface area contributed by atoms with Gasteiger partial charge in [0.1, 0.15) is 11.2 Å². The standard InChI is InChI=1S/C30H38N6/c1-7-10-14-28(36-17-12-11-13-18-36)24-20-27(31-21(24)4)30-29-26(33-34-30)16-15-25(32-29)22(8-2)19-23(9-3)35(5)6/h7-10,14-16,19-20,31H,3,11-13,17-18H2,1-2,4-6H3,(H,33,34)/b10-7-,22-8+,23-19+,28-14+. The number of pyridine rings is 1. The summed E-state index contributed by atoms with van der Waals surface area (Å²) in [6.07, 6.45) is 16.3. The van der Waals surface area contributed by atoms with E-state index in [2.05, 4.69) is 83.0 Å². The molecule has 188 valence electrons. The van der Waals surface area contributed by atoms with Crippen molar-refractivity contribution in [3.05, 3.63) is 83.9 Å². The Balaban J connectivity index is 1.76. The summed E-state index contributed by atoms with van der Waals surface area (Å²) in [5.74, 6) is 0. The van der Waals surface area contributed by atoms with Crippen LogP contribution in [0.1, 0.15) is 50.1 Å². The number of allylic oxidation sites excluding steroid dienone is 7. The normalized spacial score (nSPS) is 15.8. The molecule has 1 fully saturated rings. The van der Waals surface area contributed by atoms with Gasteiger partial charge in [0, 0.05) is 49.8 Å². The highest BCUT2D eigenvalue weighted by molar-refractivity contribution is 5.91. The van der Waals surface area contributed by atoms with Gasteiger partial charge in [0.2, 0.25) is 0 Å². The van der Waals surface area contributed by atoms with E-state index in [1.54, 1.807) is 0 Å². The van der Waals surface area contributed by atoms with Crippen LogP contribution in [0.15, 0.2) is 66.9 Å². The number of nitrogens with zero attached hydrogens (tertiary/aromatic N) is 4. The third-order valence-corrected chi connectivity index (χ3v) is 6.73. The Hall–Kier alpha value is -3.80. The first-order chi connectivity index (χ1) is 17.5. The quantitative estimate of drug-likeness (QED) is 0.351. The number of piperidine rings is 1. The first-order valence-corrected chi connectivity index (χ1v) is 12.8. The topological polar surface area (TPSA) is 63.8 Å². The molecule has 0 aliphatic carbocycles. The SMILES string of the molecule is C=C/C(=C\C(=C/C)c1ccc2[nH]nc(-c3cc(/C(=C\C=C/C)N4CCCCC4)c(C)[nH]3)c2n1)N(C)C. The fourth-order valence-electron chi connectivity index (χ4n) is 4.72. The van der Waals surface area contributed by atoms with Gasteiger partial charge in [-0.25, -0.2) is 4.98 Å². The molecule has 0 aromatic carbocycles. The van der Waals surface area contributed by atoms with E-state index in [1.807, 2.05) is 38.1 Å². The minimum Gasteiger partial charge on any atom is -0.378 e. The maximum Gasteiger partial charge on any atom is 0.135 e. The van der Waals surface area contributed by atoms with Crippen LogP contribution in [0.2, 0.25) is 0 Å². The van der Waals surface area contributed by atoms with Gasteiger partial charge in [-0.2, -0.15) is 5.10 Å². The molecule has 6 heteroatoms. The van der Waals surface area contributed by atoms with E-state index in [-0.39, 0.29) is 0 Å². The van der Waals surface area contributed by atoms with Crippen molar-refractivity contribution >= 4 is 22.3 Å². The number of aryl methyl sites for hydroxylation is 1. The third-order valence-electron chi connectivity index (χ3n) is 6.73. The van der Waals surface area contributed by atoms with Crippen molar-refractivity contribution in [3.8, 4) is 11.4 Å². The van der Waals surface area contributed by atoms with E-state index >= 15 is 0 Å². The molecule has 1 saturated heterocycles. The van der Waals surface area contributed by atoms with Crippen molar-refractivity contribution in [2.24, 2.45) is 0 Å². The molecule has 4 heterocycles. The molecule has 3 aromatic rings. The van der Waals surface area contributed by atoms with Crippen molar-refractivity contribution in [1.82, 2.24) is 30.0 Å². The zero-order valence-corrected chi connectivity index (χ0v) is 22.2. The highest BCUT2D eigenvalue weighted by Gasteiger charge is 2.20. The lowest BCUT2D eigenvalue weighted by Gasteiger charge is -2.31. The number of fused-ring (bicyclic) bond motifs is 1. The summed E-state index contributed by atoms with van der Waals surface area (Å²) >= 11 is 0. The van der Waals surface area contributed by atoms with Crippen LogP contribution in [0, 0.1) is 6.92 Å². The number of likely N-dealkylation sites (tertiary alicyclic amines) is 1. The largest absolute Gasteiger partial charge is 0.378 e. The first kappa shape index (κ1) is 25.3. The number of H-pyrrole nitrogens is 2. The van der Waals surface area contributed by atoms with Gasteiger partial charge in [-0.15, -0.1) is 0 Å². The molecule has 0 atom stereocenters. The molecule has 0 amide bonds. The Bertz CT molecular complexity index is 1340. The molecule has 0 bridgehead atoms. The van der Waals surface area contributed by atoms with Crippen molar-refractivity contribution in [2.45, 2.75) is 40.0 Å². The van der Waals surface area contributed by atoms with Crippen LogP contribution in [0.3, 0.4) is 0 Å². The number of nitrogens with one attached hydrogen (secondary N) is 2. The monoisotopic (exact) mass is 482 g/mol. The summed E-state index contributed by atoms with van der Waals surface area (Å²) in [5, 5.41) is 7.83. The van der Waals surface area contributed by atoms with E-state index < -0.39 is 0 Å². The van der Waals surface area contributed by atoms with E-state index in [0.717, 1.165) is 58.2 Å². The summed E-state index contributed by atoms with van der Waals surface area (Å²) in [4.78, 5) is 13.2. The van der Waals surface area contributed by atoms with Gasteiger partial charge in [-0.3, -0.25) is 5.10 Å². The lowest BCUT2D eigenvalue weighted by Crippen LogP contribution is -2.28. The van der Waals surface area contributed by atoms with E-state index in [1.165, 1.54) is 30.5 Å². The highest BCUT2D eigenvalue weighted by atomic mass is 15.1. The number of hydrogen-bond acceptors (Lipinski definition) is 4. The van der Waals surface area contributed by atoms with Crippen LogP contribution in [0.25, 0.3) is 33.7 Å². The van der Waals surface area contributed by atoms with Gasteiger partial charge >= 0.3 is 0 Å². The smallest absolute Gasteiger partial charge is 0.135 e. The van der Waals surface area contributed by atoms with Gasteiger partial charge in [0.25, 0.3) is 0 Å². The lowest BCUT2D eigenvalue weighted by atomic mass is 10.1. The summed E-state index contributed by atoms with van der Waals surface area (Å²) in [5.41, 5.74) is 10.2. The van der Waals surface area contributed by atoms with Crippen molar-refractivity contribution in [3.63, 3.8) is 0 Å². The van der Waals surface area contributed by atoms with E-state index in [0.29, 0.717) is 0 Å². The van der Waals surface area contributed by atoms with E-state index in [9.17, 15) is 0 Å². The molecule has 1 aliphatic heterocycles. The second-order valence-electron chi connectivity index (χ2n) is 9.42. The fraction of sp³-hybridized carbons (Fsp3) is 0.333. The number of hydrogen-bond donors (Lipinski definition) is 2. The average molecular weight is 483 g/mol. The molecule has 3 aromatic heterocycles. The summed E-state index contributed by atoms with van der Waals surface area (Å²) < 4.78 is 0. The molecule has 0 spiro atoms. The lowest BCUT2D eigenvalue weighted by molar-refractivity contribution is 0.326. The molecular weight excluding hydrogens is 444 g/mol. The van der Waals surface area contributed by atoms with Gasteiger partial charge in [0.15, 0.2) is 0 Å². The number of likely N-dealkylation sites (N-methyl/N-ethyl adjacent to an activating group) is 1. The molecular formula is C30H38N6. The Morgan fingerprint density at radius 2 is 1.92 bits per heavy atom. The summed E-state index contributed by atoms with van der Waals surface area (Å²) in [6.45, 7) is 12.4. The van der Waals surface area contributed by atoms with Gasteiger partial charge < -0.3 is 14.8 Å². The fourth-order valence-corrected chi connectivity index (χ4v) is 4.72. The molecule has 6 nitrogen and oxygen atoms in total. The third kappa shape index (κ3) is 5.23. The van der Waals surface area contributed by atoms with Crippen molar-refractivity contribution in [2.75, 3.05) is 27.2 Å². The van der Waals surface area contributed by atoms with Crippen LogP contribution in [0.5, 0.6) is 0 Å². The summed E-state index contributed by atoms with van der Waals surface area (Å²) in [6, 6.07) is 6.31. The van der Waals surface area contributed by atoms with Gasteiger partial charge in [-0.1, -0.05) is 24.8 Å². The van der Waals surface area contributed by atoms with Gasteiger partial charge in [-0.05, 0) is 82.0 Å². The van der Waals surface area contributed by atoms with Crippen molar-refractivity contribution in [1.29, 1.82) is 0 Å². The number of rotatable bonds is 8. The molecule has 1 aliphatic rings. The van der Waals surface area contributed by atoms with Crippen LogP contribution in [0.4, 0.5) is 0 Å². The molecule has 4 rings (SSSR count). The molecule has 0 saturated carbocycles. The number of aromatic nitrogens is 4. The maximum absolute atomic E-state index is 5.04. The van der Waals surface area contributed by atoms with Crippen LogP contribution >= 0.6 is 0 Å². The highest BCUT2D eigenvalue weighted by Crippen LogP contribution is 2.32. The van der Waals surface area contributed by atoms with Gasteiger partial charge in [0.05, 0.1) is 16.9 Å². The van der Waals surface area contributed by atoms with Crippen LogP contribution < -0.4 is 0 Å². The minimum atomic E-state index is 0.834. The maximum atomic E-state index is 5.04. The zero-order chi connectivity index (χ0) is 25.7. The Morgan fingerprint density at radius 3 is 2.58 bits per heavy atom. The second-order valence-corrected chi connectivity index (χ2v) is 9.42. The predicted molar refractivity (Wildman–Crippen MR) is 152 cm³/mol. The molecule has 0 unspecified atom stereocenters. The predicted octanol–water partition coefficient (Wildman–Crippen LogP) is 6.70. The van der Waals surface area contributed by atoms with Crippen LogP contribution in [-0.2, 0) is 0 Å². The number of aromatic amines is 2. The Morgan fingerprint density at radius 1 is 1.14 bits per heavy atom. The summed E-state index contributed by atoms with van der Waals surface area (Å²) in [7, 11) is 4.03. The van der Waals surface area contributed by atoms with Crippen molar-refractivity contribution < 1.29 is 0 Å². The van der Waals surface area contributed by atoms with E-state index in [4.69, 9.17) is 4.98 Å².